The molecule has 1 aliphatic heterocycles. The van der Waals surface area contributed by atoms with Crippen molar-refractivity contribution in [3.8, 4) is 0 Å². The van der Waals surface area contributed by atoms with E-state index in [0.29, 0.717) is 12.2 Å². The van der Waals surface area contributed by atoms with Crippen molar-refractivity contribution in [1.29, 1.82) is 0 Å². The van der Waals surface area contributed by atoms with Crippen LogP contribution >= 0.6 is 0 Å². The first-order valence-electron chi connectivity index (χ1n) is 6.20. The van der Waals surface area contributed by atoms with Gasteiger partial charge >= 0.3 is 0 Å². The van der Waals surface area contributed by atoms with E-state index in [-0.39, 0.29) is 11.9 Å². The fourth-order valence-corrected chi connectivity index (χ4v) is 2.72. The van der Waals surface area contributed by atoms with Crippen LogP contribution in [-0.2, 0) is 15.1 Å². The number of hydrogen-bond donors (Lipinski definition) is 1. The van der Waals surface area contributed by atoms with Crippen molar-refractivity contribution in [2.45, 2.75) is 18.1 Å². The smallest absolute Gasteiger partial charge is 0.224 e. The van der Waals surface area contributed by atoms with Crippen LogP contribution in [0.5, 0.6) is 0 Å². The van der Waals surface area contributed by atoms with Crippen LogP contribution in [0.4, 0.5) is 0 Å². The third kappa shape index (κ3) is 1.85. The number of ether oxygens (including phenoxy) is 1. The summed E-state index contributed by atoms with van der Waals surface area (Å²) >= 11 is 0. The molecule has 0 spiro atoms. The molecule has 1 N–H and O–H groups in total. The SMILES string of the molecule is CO[C@]1(c2ccccc2)CC(=O)N[C@H]1c1ccco1. The van der Waals surface area contributed by atoms with Gasteiger partial charge in [0, 0.05) is 7.11 Å². The van der Waals surface area contributed by atoms with Crippen molar-refractivity contribution in [1.82, 2.24) is 5.32 Å². The van der Waals surface area contributed by atoms with Crippen LogP contribution in [0.15, 0.2) is 53.1 Å². The van der Waals surface area contributed by atoms with Gasteiger partial charge in [0.15, 0.2) is 0 Å². The minimum absolute atomic E-state index is 0.0351. The van der Waals surface area contributed by atoms with Crippen molar-refractivity contribution in [3.05, 3.63) is 60.1 Å². The van der Waals surface area contributed by atoms with Crippen LogP contribution in [0.25, 0.3) is 0 Å². The molecule has 4 nitrogen and oxygen atoms in total. The molecular formula is C15H15NO3. The quantitative estimate of drug-likeness (QED) is 0.918. The van der Waals surface area contributed by atoms with Crippen LogP contribution in [0.3, 0.4) is 0 Å². The van der Waals surface area contributed by atoms with Crippen molar-refractivity contribution < 1.29 is 13.9 Å². The van der Waals surface area contributed by atoms with E-state index in [1.165, 1.54) is 0 Å². The summed E-state index contributed by atoms with van der Waals surface area (Å²) in [6.45, 7) is 0. The lowest BCUT2D eigenvalue weighted by atomic mass is 9.85. The number of nitrogens with one attached hydrogen (secondary N) is 1. The predicted octanol–water partition coefficient (Wildman–Crippen LogP) is 2.38. The Balaban J connectivity index is 2.10. The van der Waals surface area contributed by atoms with Crippen LogP contribution in [-0.4, -0.2) is 13.0 Å². The van der Waals surface area contributed by atoms with Gasteiger partial charge in [-0.05, 0) is 17.7 Å². The summed E-state index contributed by atoms with van der Waals surface area (Å²) in [6.07, 6.45) is 1.89. The molecule has 1 aromatic heterocycles. The molecule has 2 heterocycles. The van der Waals surface area contributed by atoms with Crippen molar-refractivity contribution >= 4 is 5.91 Å². The summed E-state index contributed by atoms with van der Waals surface area (Å²) in [5, 5.41) is 2.94. The second-order valence-electron chi connectivity index (χ2n) is 4.65. The third-order valence-corrected chi connectivity index (χ3v) is 3.65. The first-order valence-corrected chi connectivity index (χ1v) is 6.20. The molecular weight excluding hydrogens is 242 g/mol. The molecule has 19 heavy (non-hydrogen) atoms. The Kier molecular flexibility index (Phi) is 2.87. The van der Waals surface area contributed by atoms with E-state index < -0.39 is 5.60 Å². The Bertz CT molecular complexity index is 564. The van der Waals surface area contributed by atoms with Gasteiger partial charge in [0.2, 0.25) is 5.91 Å². The second kappa shape index (κ2) is 4.55. The van der Waals surface area contributed by atoms with Gasteiger partial charge in [-0.2, -0.15) is 0 Å². The number of amides is 1. The summed E-state index contributed by atoms with van der Waals surface area (Å²) < 4.78 is 11.2. The summed E-state index contributed by atoms with van der Waals surface area (Å²) in [4.78, 5) is 11.9. The number of hydrogen-bond acceptors (Lipinski definition) is 3. The molecule has 2 atom stereocenters. The lowest BCUT2D eigenvalue weighted by molar-refractivity contribution is -0.121. The summed E-state index contributed by atoms with van der Waals surface area (Å²) in [5.74, 6) is 0.670. The van der Waals surface area contributed by atoms with Gasteiger partial charge in [-0.1, -0.05) is 30.3 Å². The van der Waals surface area contributed by atoms with E-state index in [9.17, 15) is 4.79 Å². The topological polar surface area (TPSA) is 51.5 Å². The van der Waals surface area contributed by atoms with E-state index in [1.54, 1.807) is 13.4 Å². The molecule has 3 rings (SSSR count). The van der Waals surface area contributed by atoms with Gasteiger partial charge in [0.05, 0.1) is 12.7 Å². The van der Waals surface area contributed by atoms with Gasteiger partial charge in [0.25, 0.3) is 0 Å². The van der Waals surface area contributed by atoms with Crippen molar-refractivity contribution in [2.75, 3.05) is 7.11 Å². The Morgan fingerprint density at radius 2 is 2.05 bits per heavy atom. The van der Waals surface area contributed by atoms with Gasteiger partial charge < -0.3 is 14.5 Å². The Morgan fingerprint density at radius 3 is 2.68 bits per heavy atom. The third-order valence-electron chi connectivity index (χ3n) is 3.65. The normalized spacial score (nSPS) is 26.4. The molecule has 0 saturated carbocycles. The average Bonchev–Trinajstić information content (AvgIpc) is 3.07. The van der Waals surface area contributed by atoms with Crippen LogP contribution in [0.2, 0.25) is 0 Å². The van der Waals surface area contributed by atoms with E-state index in [1.807, 2.05) is 42.5 Å². The maximum absolute atomic E-state index is 11.9. The summed E-state index contributed by atoms with van der Waals surface area (Å²) in [7, 11) is 1.63. The van der Waals surface area contributed by atoms with Gasteiger partial charge in [-0.3, -0.25) is 4.79 Å². The molecule has 1 amide bonds. The molecule has 1 fully saturated rings. The van der Waals surface area contributed by atoms with Crippen LogP contribution in [0, 0.1) is 0 Å². The number of benzene rings is 1. The number of carbonyl (C=O) groups is 1. The fourth-order valence-electron chi connectivity index (χ4n) is 2.72. The highest BCUT2D eigenvalue weighted by Crippen LogP contribution is 2.45. The number of methoxy groups -OCH3 is 1. The molecule has 1 aliphatic rings. The minimum atomic E-state index is -0.712. The monoisotopic (exact) mass is 257 g/mol. The lowest BCUT2D eigenvalue weighted by Crippen LogP contribution is -2.34. The molecule has 0 aliphatic carbocycles. The summed E-state index contributed by atoms with van der Waals surface area (Å²) in [6, 6.07) is 13.1. The molecule has 4 heteroatoms. The maximum atomic E-state index is 11.9. The summed E-state index contributed by atoms with van der Waals surface area (Å²) in [5.41, 5.74) is 0.258. The highest BCUT2D eigenvalue weighted by Gasteiger charge is 2.50. The van der Waals surface area contributed by atoms with Crippen LogP contribution in [0.1, 0.15) is 23.8 Å². The number of furan rings is 1. The van der Waals surface area contributed by atoms with Gasteiger partial charge in [-0.15, -0.1) is 0 Å². The first-order chi connectivity index (χ1) is 9.26. The fraction of sp³-hybridized carbons (Fsp3) is 0.267. The second-order valence-corrected chi connectivity index (χ2v) is 4.65. The van der Waals surface area contributed by atoms with Crippen molar-refractivity contribution in [3.63, 3.8) is 0 Å². The largest absolute Gasteiger partial charge is 0.467 e. The minimum Gasteiger partial charge on any atom is -0.467 e. The van der Waals surface area contributed by atoms with Gasteiger partial charge in [-0.25, -0.2) is 0 Å². The molecule has 1 aromatic carbocycles. The first kappa shape index (κ1) is 12.0. The van der Waals surface area contributed by atoms with Crippen molar-refractivity contribution in [2.24, 2.45) is 0 Å². The molecule has 0 unspecified atom stereocenters. The highest BCUT2D eigenvalue weighted by molar-refractivity contribution is 5.81. The average molecular weight is 257 g/mol. The zero-order valence-electron chi connectivity index (χ0n) is 10.6. The Hall–Kier alpha value is -2.07. The van der Waals surface area contributed by atoms with E-state index in [0.717, 1.165) is 5.56 Å². The number of carbonyl (C=O) groups excluding carboxylic acids is 1. The van der Waals surface area contributed by atoms with E-state index in [4.69, 9.17) is 9.15 Å². The molecule has 0 bridgehead atoms. The van der Waals surface area contributed by atoms with E-state index in [2.05, 4.69) is 5.32 Å². The zero-order valence-corrected chi connectivity index (χ0v) is 10.6. The molecule has 2 aromatic rings. The van der Waals surface area contributed by atoms with Gasteiger partial charge in [0.1, 0.15) is 17.4 Å². The van der Waals surface area contributed by atoms with E-state index >= 15 is 0 Å². The highest BCUT2D eigenvalue weighted by atomic mass is 16.5. The zero-order chi connectivity index (χ0) is 13.3. The molecule has 1 saturated heterocycles. The Morgan fingerprint density at radius 1 is 1.26 bits per heavy atom. The Labute approximate surface area is 111 Å². The number of rotatable bonds is 3. The molecule has 0 radical (unpaired) electrons. The molecule has 98 valence electrons. The lowest BCUT2D eigenvalue weighted by Gasteiger charge is -2.32. The standard InChI is InChI=1S/C15H15NO3/c1-18-15(11-6-3-2-4-7-11)10-13(17)16-14(15)12-8-5-9-19-12/h2-9,14H,10H2,1H3,(H,16,17)/t14-,15-/m0/s1. The van der Waals surface area contributed by atoms with Crippen LogP contribution < -0.4 is 5.32 Å². The predicted molar refractivity (Wildman–Crippen MR) is 69.3 cm³/mol. The maximum Gasteiger partial charge on any atom is 0.224 e.